The first kappa shape index (κ1) is 12.1. The highest BCUT2D eigenvalue weighted by Crippen LogP contribution is 2.32. The summed E-state index contributed by atoms with van der Waals surface area (Å²) < 4.78 is 0. The predicted molar refractivity (Wildman–Crippen MR) is 69.8 cm³/mol. The van der Waals surface area contributed by atoms with Gasteiger partial charge in [-0.05, 0) is 11.8 Å². The molecule has 1 saturated heterocycles. The lowest BCUT2D eigenvalue weighted by Crippen LogP contribution is -2.24. The second-order valence-electron chi connectivity index (χ2n) is 5.36. The van der Waals surface area contributed by atoms with Crippen LogP contribution in [0.3, 0.4) is 0 Å². The maximum atomic E-state index is 5.44. The molecule has 3 N–H and O–H groups in total. The van der Waals surface area contributed by atoms with E-state index in [1.807, 2.05) is 13.0 Å². The van der Waals surface area contributed by atoms with Crippen molar-refractivity contribution in [1.29, 1.82) is 0 Å². The van der Waals surface area contributed by atoms with E-state index in [0.29, 0.717) is 11.2 Å². The van der Waals surface area contributed by atoms with Gasteiger partial charge in [-0.1, -0.05) is 20.8 Å². The molecule has 0 aromatic carbocycles. The van der Waals surface area contributed by atoms with E-state index in [-0.39, 0.29) is 0 Å². The molecule has 0 amide bonds. The van der Waals surface area contributed by atoms with Crippen molar-refractivity contribution < 1.29 is 0 Å². The Balaban J connectivity index is 2.26. The molecule has 94 valence electrons. The van der Waals surface area contributed by atoms with Gasteiger partial charge in [-0.25, -0.2) is 15.8 Å². The number of hydrazine groups is 1. The summed E-state index contributed by atoms with van der Waals surface area (Å²) in [6.07, 6.45) is 2.02. The van der Waals surface area contributed by atoms with Crippen LogP contribution in [0.25, 0.3) is 0 Å². The number of nitrogens with zero attached hydrogens (tertiary/aromatic N) is 3. The van der Waals surface area contributed by atoms with Crippen molar-refractivity contribution in [3.8, 4) is 0 Å². The third kappa shape index (κ3) is 2.66. The Labute approximate surface area is 102 Å². The van der Waals surface area contributed by atoms with Gasteiger partial charge in [-0.3, -0.25) is 0 Å². The first-order valence-electron chi connectivity index (χ1n) is 6.13. The third-order valence-corrected chi connectivity index (χ3v) is 3.22. The van der Waals surface area contributed by atoms with E-state index in [1.165, 1.54) is 6.42 Å². The Kier molecular flexibility index (Phi) is 3.19. The highest BCUT2D eigenvalue weighted by molar-refractivity contribution is 5.49. The highest BCUT2D eigenvalue weighted by Gasteiger charge is 2.30. The maximum absolute atomic E-state index is 5.44. The van der Waals surface area contributed by atoms with Gasteiger partial charge in [-0.2, -0.15) is 0 Å². The van der Waals surface area contributed by atoms with Crippen LogP contribution in [-0.4, -0.2) is 23.1 Å². The summed E-state index contributed by atoms with van der Waals surface area (Å²) in [6, 6.07) is 1.92. The standard InChI is InChI=1S/C12H21N5/c1-4-9-14-10(16-13)7-11(15-9)17-6-5-12(2,3)8-17/h7H,4-6,8,13H2,1-3H3,(H,14,15,16). The Morgan fingerprint density at radius 2 is 2.24 bits per heavy atom. The lowest BCUT2D eigenvalue weighted by atomic mass is 9.93. The second-order valence-corrected chi connectivity index (χ2v) is 5.36. The molecule has 17 heavy (non-hydrogen) atoms. The van der Waals surface area contributed by atoms with Crippen LogP contribution in [0, 0.1) is 5.41 Å². The van der Waals surface area contributed by atoms with E-state index in [4.69, 9.17) is 5.84 Å². The van der Waals surface area contributed by atoms with Crippen LogP contribution in [0.15, 0.2) is 6.07 Å². The number of rotatable bonds is 3. The van der Waals surface area contributed by atoms with Crippen LogP contribution >= 0.6 is 0 Å². The highest BCUT2D eigenvalue weighted by atomic mass is 15.3. The lowest BCUT2D eigenvalue weighted by molar-refractivity contribution is 0.418. The Bertz CT molecular complexity index is 380. The second kappa shape index (κ2) is 4.49. The van der Waals surface area contributed by atoms with E-state index < -0.39 is 0 Å². The Morgan fingerprint density at radius 1 is 1.47 bits per heavy atom. The molecule has 2 rings (SSSR count). The van der Waals surface area contributed by atoms with Gasteiger partial charge in [0.2, 0.25) is 0 Å². The van der Waals surface area contributed by atoms with Crippen LogP contribution < -0.4 is 16.2 Å². The van der Waals surface area contributed by atoms with Crippen molar-refractivity contribution in [1.82, 2.24) is 9.97 Å². The molecular weight excluding hydrogens is 214 g/mol. The van der Waals surface area contributed by atoms with Crippen LogP contribution in [0.1, 0.15) is 33.0 Å². The summed E-state index contributed by atoms with van der Waals surface area (Å²) >= 11 is 0. The lowest BCUT2D eigenvalue weighted by Gasteiger charge is -2.21. The van der Waals surface area contributed by atoms with Crippen LogP contribution in [0.4, 0.5) is 11.6 Å². The fourth-order valence-corrected chi connectivity index (χ4v) is 2.19. The molecule has 1 aromatic rings. The van der Waals surface area contributed by atoms with Crippen molar-refractivity contribution in [2.75, 3.05) is 23.4 Å². The van der Waals surface area contributed by atoms with E-state index in [1.54, 1.807) is 0 Å². The Hall–Kier alpha value is -1.36. The zero-order chi connectivity index (χ0) is 12.5. The molecule has 0 bridgehead atoms. The number of anilines is 2. The number of hydrogen-bond donors (Lipinski definition) is 2. The van der Waals surface area contributed by atoms with Gasteiger partial charge < -0.3 is 10.3 Å². The van der Waals surface area contributed by atoms with Crippen molar-refractivity contribution in [2.45, 2.75) is 33.6 Å². The van der Waals surface area contributed by atoms with Crippen LogP contribution in [-0.2, 0) is 6.42 Å². The van der Waals surface area contributed by atoms with Crippen LogP contribution in [0.2, 0.25) is 0 Å². The molecule has 0 unspecified atom stereocenters. The molecular formula is C12H21N5. The molecule has 0 spiro atoms. The largest absolute Gasteiger partial charge is 0.356 e. The predicted octanol–water partition coefficient (Wildman–Crippen LogP) is 1.56. The number of aryl methyl sites for hydroxylation is 1. The fraction of sp³-hybridized carbons (Fsp3) is 0.667. The Morgan fingerprint density at radius 3 is 2.76 bits per heavy atom. The molecule has 1 aliphatic heterocycles. The summed E-state index contributed by atoms with van der Waals surface area (Å²) in [5.41, 5.74) is 2.98. The molecule has 1 fully saturated rings. The van der Waals surface area contributed by atoms with E-state index in [9.17, 15) is 0 Å². The van der Waals surface area contributed by atoms with Crippen molar-refractivity contribution in [3.05, 3.63) is 11.9 Å². The fourth-order valence-electron chi connectivity index (χ4n) is 2.19. The van der Waals surface area contributed by atoms with E-state index in [0.717, 1.165) is 31.2 Å². The summed E-state index contributed by atoms with van der Waals surface area (Å²) in [4.78, 5) is 11.2. The zero-order valence-corrected chi connectivity index (χ0v) is 10.8. The molecule has 0 aliphatic carbocycles. The van der Waals surface area contributed by atoms with Gasteiger partial charge in [0, 0.05) is 25.6 Å². The van der Waals surface area contributed by atoms with Gasteiger partial charge in [0.25, 0.3) is 0 Å². The van der Waals surface area contributed by atoms with Gasteiger partial charge in [0.05, 0.1) is 0 Å². The molecule has 5 nitrogen and oxygen atoms in total. The summed E-state index contributed by atoms with van der Waals surface area (Å²) in [5.74, 6) is 7.94. The third-order valence-electron chi connectivity index (χ3n) is 3.22. The van der Waals surface area contributed by atoms with Gasteiger partial charge >= 0.3 is 0 Å². The monoisotopic (exact) mass is 235 g/mol. The normalized spacial score (nSPS) is 18.5. The average Bonchev–Trinajstić information content (AvgIpc) is 2.69. The first-order valence-corrected chi connectivity index (χ1v) is 6.13. The van der Waals surface area contributed by atoms with Crippen molar-refractivity contribution in [2.24, 2.45) is 11.3 Å². The van der Waals surface area contributed by atoms with Gasteiger partial charge in [-0.15, -0.1) is 0 Å². The van der Waals surface area contributed by atoms with E-state index in [2.05, 4.69) is 34.1 Å². The van der Waals surface area contributed by atoms with E-state index >= 15 is 0 Å². The summed E-state index contributed by atoms with van der Waals surface area (Å²) in [6.45, 7) is 8.72. The zero-order valence-electron chi connectivity index (χ0n) is 10.8. The minimum Gasteiger partial charge on any atom is -0.356 e. The molecule has 0 atom stereocenters. The number of nitrogens with two attached hydrogens (primary N) is 1. The number of nitrogens with one attached hydrogen (secondary N) is 1. The van der Waals surface area contributed by atoms with Gasteiger partial charge in [0.15, 0.2) is 0 Å². The van der Waals surface area contributed by atoms with Gasteiger partial charge in [0.1, 0.15) is 17.5 Å². The average molecular weight is 235 g/mol. The first-order chi connectivity index (χ1) is 8.04. The van der Waals surface area contributed by atoms with Crippen molar-refractivity contribution in [3.63, 3.8) is 0 Å². The topological polar surface area (TPSA) is 67.1 Å². The minimum absolute atomic E-state index is 0.369. The summed E-state index contributed by atoms with van der Waals surface area (Å²) in [7, 11) is 0. The number of aromatic nitrogens is 2. The molecule has 1 aliphatic rings. The number of nitrogen functional groups attached to an aromatic ring is 1. The van der Waals surface area contributed by atoms with Crippen LogP contribution in [0.5, 0.6) is 0 Å². The minimum atomic E-state index is 0.369. The number of hydrogen-bond acceptors (Lipinski definition) is 5. The molecule has 5 heteroatoms. The molecule has 2 heterocycles. The summed E-state index contributed by atoms with van der Waals surface area (Å²) in [5, 5.41) is 0. The molecule has 0 saturated carbocycles. The smallest absolute Gasteiger partial charge is 0.145 e. The maximum Gasteiger partial charge on any atom is 0.145 e. The molecule has 1 aromatic heterocycles. The SMILES string of the molecule is CCc1nc(NN)cc(N2CCC(C)(C)C2)n1. The van der Waals surface area contributed by atoms with Crippen molar-refractivity contribution >= 4 is 11.6 Å². The quantitative estimate of drug-likeness (QED) is 0.615. The molecule has 0 radical (unpaired) electrons.